The van der Waals surface area contributed by atoms with Crippen molar-refractivity contribution in [2.24, 2.45) is 0 Å². The van der Waals surface area contributed by atoms with Gasteiger partial charge >= 0.3 is 0 Å². The number of nitrogens with one attached hydrogen (secondary N) is 2. The number of thioether (sulfide) groups is 1. The number of amides is 1. The first kappa shape index (κ1) is 11.0. The molecule has 1 saturated carbocycles. The van der Waals surface area contributed by atoms with Crippen LogP contribution in [0, 0.1) is 0 Å². The predicted octanol–water partition coefficient (Wildman–Crippen LogP) is 0.339. The Morgan fingerprint density at radius 1 is 1.53 bits per heavy atom. The van der Waals surface area contributed by atoms with Crippen LogP contribution < -0.4 is 10.6 Å². The van der Waals surface area contributed by atoms with E-state index in [1.165, 1.54) is 0 Å². The van der Waals surface area contributed by atoms with E-state index >= 15 is 0 Å². The molecule has 1 unspecified atom stereocenters. The van der Waals surface area contributed by atoms with Gasteiger partial charge in [-0.05, 0) is 12.8 Å². The predicted molar refractivity (Wildman–Crippen MR) is 62.9 cm³/mol. The maximum absolute atomic E-state index is 11.7. The topological polar surface area (TPSA) is 80.0 Å². The van der Waals surface area contributed by atoms with Crippen LogP contribution in [0.2, 0.25) is 0 Å². The van der Waals surface area contributed by atoms with Crippen LogP contribution in [-0.4, -0.2) is 40.1 Å². The summed E-state index contributed by atoms with van der Waals surface area (Å²) in [5.41, 5.74) is 0. The van der Waals surface area contributed by atoms with E-state index in [-0.39, 0.29) is 17.8 Å². The van der Waals surface area contributed by atoms with Gasteiger partial charge in [0.1, 0.15) is 0 Å². The first-order chi connectivity index (χ1) is 8.33. The summed E-state index contributed by atoms with van der Waals surface area (Å²) in [5.74, 6) is 2.43. The third-order valence-electron chi connectivity index (χ3n) is 2.78. The number of aromatic nitrogens is 2. The highest BCUT2D eigenvalue weighted by molar-refractivity contribution is 7.99. The Labute approximate surface area is 103 Å². The molecule has 1 aliphatic carbocycles. The average molecular weight is 254 g/mol. The summed E-state index contributed by atoms with van der Waals surface area (Å²) < 4.78 is 5.13. The largest absolute Gasteiger partial charge is 0.346 e. The van der Waals surface area contributed by atoms with Crippen molar-refractivity contribution in [3.63, 3.8) is 0 Å². The molecule has 0 spiro atoms. The number of carbonyl (C=O) groups is 1. The van der Waals surface area contributed by atoms with Crippen LogP contribution in [0.1, 0.15) is 35.4 Å². The van der Waals surface area contributed by atoms with Crippen LogP contribution in [0.3, 0.4) is 0 Å². The van der Waals surface area contributed by atoms with Gasteiger partial charge in [0.05, 0.1) is 6.04 Å². The smallest absolute Gasteiger partial charge is 0.292 e. The second-order valence-corrected chi connectivity index (χ2v) is 5.44. The summed E-state index contributed by atoms with van der Waals surface area (Å²) in [6.07, 6.45) is 2.11. The van der Waals surface area contributed by atoms with Crippen LogP contribution in [0.4, 0.5) is 0 Å². The van der Waals surface area contributed by atoms with E-state index < -0.39 is 0 Å². The van der Waals surface area contributed by atoms with Crippen molar-refractivity contribution < 1.29 is 9.32 Å². The van der Waals surface area contributed by atoms with Crippen LogP contribution in [0.15, 0.2) is 4.52 Å². The standard InChI is InChI=1S/C10H14N4O2S/c15-9(12-6-1-2-6)8-13-10(16-14-8)7-5-17-4-3-11-7/h6-7,11H,1-5H2,(H,12,15). The Morgan fingerprint density at radius 3 is 3.12 bits per heavy atom. The number of hydrogen-bond acceptors (Lipinski definition) is 6. The highest BCUT2D eigenvalue weighted by Gasteiger charge is 2.27. The second-order valence-electron chi connectivity index (χ2n) is 4.29. The lowest BCUT2D eigenvalue weighted by atomic mass is 10.3. The zero-order valence-corrected chi connectivity index (χ0v) is 10.1. The Bertz CT molecular complexity index is 412. The van der Waals surface area contributed by atoms with Crippen LogP contribution in [0.25, 0.3) is 0 Å². The lowest BCUT2D eigenvalue weighted by molar-refractivity contribution is 0.0937. The lowest BCUT2D eigenvalue weighted by Crippen LogP contribution is -2.30. The first-order valence-electron chi connectivity index (χ1n) is 5.78. The van der Waals surface area contributed by atoms with Crippen LogP contribution in [-0.2, 0) is 0 Å². The summed E-state index contributed by atoms with van der Waals surface area (Å²) >= 11 is 1.85. The minimum Gasteiger partial charge on any atom is -0.346 e. The number of carbonyl (C=O) groups excluding carboxylic acids is 1. The van der Waals surface area contributed by atoms with E-state index in [0.29, 0.717) is 11.9 Å². The molecular weight excluding hydrogens is 240 g/mol. The average Bonchev–Trinajstić information content (AvgIpc) is 3.04. The lowest BCUT2D eigenvalue weighted by Gasteiger charge is -2.19. The normalized spacial score (nSPS) is 24.6. The fourth-order valence-corrected chi connectivity index (χ4v) is 2.60. The van der Waals surface area contributed by atoms with Crippen LogP contribution >= 0.6 is 11.8 Å². The molecule has 0 aromatic carbocycles. The molecule has 0 radical (unpaired) electrons. The molecule has 2 N–H and O–H groups in total. The van der Waals surface area contributed by atoms with E-state index in [1.54, 1.807) is 0 Å². The number of nitrogens with zero attached hydrogens (tertiary/aromatic N) is 2. The van der Waals surface area contributed by atoms with Gasteiger partial charge in [0.25, 0.3) is 11.7 Å². The quantitative estimate of drug-likeness (QED) is 0.809. The summed E-state index contributed by atoms with van der Waals surface area (Å²) in [7, 11) is 0. The molecule has 92 valence electrons. The van der Waals surface area contributed by atoms with E-state index in [0.717, 1.165) is 30.9 Å². The van der Waals surface area contributed by atoms with Crippen molar-refractivity contribution in [2.75, 3.05) is 18.1 Å². The third kappa shape index (κ3) is 2.61. The van der Waals surface area contributed by atoms with Crippen molar-refractivity contribution in [1.29, 1.82) is 0 Å². The van der Waals surface area contributed by atoms with Gasteiger partial charge in [-0.25, -0.2) is 0 Å². The molecule has 1 aliphatic heterocycles. The number of rotatable bonds is 3. The van der Waals surface area contributed by atoms with Crippen molar-refractivity contribution in [1.82, 2.24) is 20.8 Å². The monoisotopic (exact) mass is 254 g/mol. The molecule has 17 heavy (non-hydrogen) atoms. The van der Waals surface area contributed by atoms with Crippen molar-refractivity contribution in [3.05, 3.63) is 11.7 Å². The SMILES string of the molecule is O=C(NC1CC1)c1noc(C2CSCCN2)n1. The van der Waals surface area contributed by atoms with Crippen molar-refractivity contribution >= 4 is 17.7 Å². The summed E-state index contributed by atoms with van der Waals surface area (Å²) in [6.45, 7) is 0.932. The van der Waals surface area contributed by atoms with Crippen molar-refractivity contribution in [2.45, 2.75) is 24.9 Å². The molecule has 1 aromatic rings. The maximum Gasteiger partial charge on any atom is 0.292 e. The molecule has 2 heterocycles. The zero-order chi connectivity index (χ0) is 11.7. The highest BCUT2D eigenvalue weighted by Crippen LogP contribution is 2.21. The van der Waals surface area contributed by atoms with E-state index in [4.69, 9.17) is 4.52 Å². The molecule has 1 aromatic heterocycles. The molecule has 1 amide bonds. The van der Waals surface area contributed by atoms with Gasteiger partial charge in [-0.15, -0.1) is 0 Å². The van der Waals surface area contributed by atoms with Gasteiger partial charge in [-0.3, -0.25) is 4.79 Å². The fraction of sp³-hybridized carbons (Fsp3) is 0.700. The Balaban J connectivity index is 1.65. The molecule has 0 bridgehead atoms. The van der Waals surface area contributed by atoms with Crippen LogP contribution in [0.5, 0.6) is 0 Å². The molecular formula is C10H14N4O2S. The molecule has 1 saturated heterocycles. The Kier molecular flexibility index (Phi) is 3.02. The van der Waals surface area contributed by atoms with E-state index in [1.807, 2.05) is 11.8 Å². The summed E-state index contributed by atoms with van der Waals surface area (Å²) in [6, 6.07) is 0.386. The molecule has 2 fully saturated rings. The highest BCUT2D eigenvalue weighted by atomic mass is 32.2. The first-order valence-corrected chi connectivity index (χ1v) is 6.94. The molecule has 3 rings (SSSR count). The molecule has 1 atom stereocenters. The van der Waals surface area contributed by atoms with Gasteiger partial charge in [-0.1, -0.05) is 5.16 Å². The minimum absolute atomic E-state index is 0.0729. The Hall–Kier alpha value is -1.08. The molecule has 7 heteroatoms. The zero-order valence-electron chi connectivity index (χ0n) is 9.31. The fourth-order valence-electron chi connectivity index (χ4n) is 1.67. The summed E-state index contributed by atoms with van der Waals surface area (Å²) in [4.78, 5) is 15.8. The van der Waals surface area contributed by atoms with Crippen molar-refractivity contribution in [3.8, 4) is 0 Å². The van der Waals surface area contributed by atoms with Gasteiger partial charge in [0.2, 0.25) is 5.89 Å². The van der Waals surface area contributed by atoms with Gasteiger partial charge in [-0.2, -0.15) is 16.7 Å². The van der Waals surface area contributed by atoms with Gasteiger partial charge in [0, 0.05) is 24.1 Å². The Morgan fingerprint density at radius 2 is 2.41 bits per heavy atom. The number of hydrogen-bond donors (Lipinski definition) is 2. The summed E-state index contributed by atoms with van der Waals surface area (Å²) in [5, 5.41) is 9.85. The van der Waals surface area contributed by atoms with Gasteiger partial charge < -0.3 is 15.2 Å². The minimum atomic E-state index is -0.231. The third-order valence-corrected chi connectivity index (χ3v) is 3.84. The molecule has 6 nitrogen and oxygen atoms in total. The van der Waals surface area contributed by atoms with E-state index in [9.17, 15) is 4.79 Å². The van der Waals surface area contributed by atoms with E-state index in [2.05, 4.69) is 20.8 Å². The maximum atomic E-state index is 11.7. The second kappa shape index (κ2) is 4.66. The van der Waals surface area contributed by atoms with Gasteiger partial charge in [0.15, 0.2) is 0 Å². The molecule has 2 aliphatic rings.